The van der Waals surface area contributed by atoms with E-state index in [9.17, 15) is 0 Å². The zero-order valence-corrected chi connectivity index (χ0v) is 14.2. The zero-order chi connectivity index (χ0) is 10.6. The first-order valence-corrected chi connectivity index (χ1v) is 7.50. The molecule has 0 aromatic carbocycles. The molecule has 0 nitrogen and oxygen atoms in total. The SMILES string of the molecule is C1CCCC1.C1CCCC1.C1CCCC1.[Ce]. The van der Waals surface area contributed by atoms with E-state index in [0.29, 0.717) is 0 Å². The molecule has 1 heteroatoms. The smallest absolute Gasteiger partial charge is 0 e. The summed E-state index contributed by atoms with van der Waals surface area (Å²) in [7, 11) is 0. The van der Waals surface area contributed by atoms with Gasteiger partial charge in [0.05, 0.1) is 0 Å². The Bertz CT molecular complexity index is 64.0. The minimum Gasteiger partial charge on any atom is -0.0533 e. The van der Waals surface area contributed by atoms with Crippen molar-refractivity contribution in [2.45, 2.75) is 96.3 Å². The summed E-state index contributed by atoms with van der Waals surface area (Å²) in [6.45, 7) is 0. The Morgan fingerprint density at radius 3 is 0.312 bits per heavy atom. The van der Waals surface area contributed by atoms with E-state index in [1.54, 1.807) is 0 Å². The first kappa shape index (κ1) is 17.4. The molecule has 0 spiro atoms. The Hall–Kier alpha value is 1.38. The predicted octanol–water partition coefficient (Wildman–Crippen LogP) is 5.85. The van der Waals surface area contributed by atoms with Crippen LogP contribution in [0.1, 0.15) is 96.3 Å². The molecule has 3 aliphatic carbocycles. The molecular formula is C15H30Ce. The maximum absolute atomic E-state index is 1.50. The third-order valence-corrected chi connectivity index (χ3v) is 3.75. The third kappa shape index (κ3) is 11.9. The van der Waals surface area contributed by atoms with Gasteiger partial charge in [-0.1, -0.05) is 96.3 Å². The fourth-order valence-electron chi connectivity index (χ4n) is 2.65. The first-order chi connectivity index (χ1) is 7.50. The molecular weight excluding hydrogens is 320 g/mol. The van der Waals surface area contributed by atoms with Gasteiger partial charge in [-0.25, -0.2) is 0 Å². The van der Waals surface area contributed by atoms with Gasteiger partial charge in [0.25, 0.3) is 0 Å². The van der Waals surface area contributed by atoms with Gasteiger partial charge in [-0.3, -0.25) is 0 Å². The number of rotatable bonds is 0. The Morgan fingerprint density at radius 1 is 0.188 bits per heavy atom. The van der Waals surface area contributed by atoms with Crippen LogP contribution in [0.2, 0.25) is 0 Å². The summed E-state index contributed by atoms with van der Waals surface area (Å²) in [5, 5.41) is 0. The van der Waals surface area contributed by atoms with Crippen LogP contribution in [-0.4, -0.2) is 0 Å². The first-order valence-electron chi connectivity index (χ1n) is 7.50. The minimum atomic E-state index is 0. The fourth-order valence-corrected chi connectivity index (χ4v) is 2.65. The zero-order valence-electron chi connectivity index (χ0n) is 11.1. The molecule has 0 bridgehead atoms. The van der Waals surface area contributed by atoms with Crippen LogP contribution in [0, 0.1) is 41.7 Å². The van der Waals surface area contributed by atoms with E-state index < -0.39 is 0 Å². The summed E-state index contributed by atoms with van der Waals surface area (Å²) in [6, 6.07) is 0. The second kappa shape index (κ2) is 14.4. The maximum atomic E-state index is 1.50. The predicted molar refractivity (Wildman–Crippen MR) is 69.3 cm³/mol. The van der Waals surface area contributed by atoms with E-state index >= 15 is 0 Å². The monoisotopic (exact) mass is 350 g/mol. The number of hydrogen-bond acceptors (Lipinski definition) is 0. The van der Waals surface area contributed by atoms with Crippen LogP contribution in [0.4, 0.5) is 0 Å². The molecule has 0 unspecified atom stereocenters. The minimum absolute atomic E-state index is 0. The van der Waals surface area contributed by atoms with Gasteiger partial charge in [0.1, 0.15) is 0 Å². The van der Waals surface area contributed by atoms with Gasteiger partial charge >= 0.3 is 0 Å². The van der Waals surface area contributed by atoms with Crippen molar-refractivity contribution in [3.05, 3.63) is 0 Å². The normalized spacial score (nSPS) is 22.5. The summed E-state index contributed by atoms with van der Waals surface area (Å²) >= 11 is 0. The molecule has 0 saturated heterocycles. The van der Waals surface area contributed by atoms with Crippen molar-refractivity contribution in [3.8, 4) is 0 Å². The average Bonchev–Trinajstić information content (AvgIpc) is 3.09. The second-order valence-electron chi connectivity index (χ2n) is 5.30. The van der Waals surface area contributed by atoms with Gasteiger partial charge < -0.3 is 0 Å². The topological polar surface area (TPSA) is 0 Å². The van der Waals surface area contributed by atoms with Crippen molar-refractivity contribution in [2.75, 3.05) is 0 Å². The molecule has 0 N–H and O–H groups in total. The second-order valence-corrected chi connectivity index (χ2v) is 5.30. The van der Waals surface area contributed by atoms with Crippen molar-refractivity contribution in [1.29, 1.82) is 0 Å². The summed E-state index contributed by atoms with van der Waals surface area (Å²) in [5.41, 5.74) is 0. The van der Waals surface area contributed by atoms with Crippen molar-refractivity contribution < 1.29 is 41.7 Å². The molecule has 3 aliphatic rings. The fraction of sp³-hybridized carbons (Fsp3) is 1.00. The van der Waals surface area contributed by atoms with Gasteiger partial charge in [0.15, 0.2) is 0 Å². The van der Waals surface area contributed by atoms with Gasteiger partial charge in [-0.05, 0) is 0 Å². The molecule has 0 atom stereocenters. The molecule has 0 aromatic rings. The molecule has 3 fully saturated rings. The molecule has 0 heterocycles. The summed E-state index contributed by atoms with van der Waals surface area (Å²) in [5.74, 6) is 0. The van der Waals surface area contributed by atoms with Crippen LogP contribution in [-0.2, 0) is 0 Å². The van der Waals surface area contributed by atoms with E-state index in [2.05, 4.69) is 0 Å². The van der Waals surface area contributed by atoms with E-state index in [-0.39, 0.29) is 41.7 Å². The van der Waals surface area contributed by atoms with E-state index in [0.717, 1.165) is 0 Å². The maximum Gasteiger partial charge on any atom is 0 e. The van der Waals surface area contributed by atoms with Crippen LogP contribution in [0.15, 0.2) is 0 Å². The van der Waals surface area contributed by atoms with Crippen LogP contribution in [0.5, 0.6) is 0 Å². The van der Waals surface area contributed by atoms with Crippen molar-refractivity contribution in [3.63, 3.8) is 0 Å². The standard InChI is InChI=1S/3C5H10.Ce/c3*1-2-4-5-3-1;/h3*1-5H2;. The van der Waals surface area contributed by atoms with Gasteiger partial charge in [0, 0.05) is 41.7 Å². The number of hydrogen-bond donors (Lipinski definition) is 0. The Kier molecular flexibility index (Phi) is 15.7. The third-order valence-electron chi connectivity index (χ3n) is 3.75. The Morgan fingerprint density at radius 2 is 0.250 bits per heavy atom. The van der Waals surface area contributed by atoms with Crippen LogP contribution in [0.3, 0.4) is 0 Å². The van der Waals surface area contributed by atoms with Crippen molar-refractivity contribution in [2.24, 2.45) is 0 Å². The quantitative estimate of drug-likeness (QED) is 0.514. The van der Waals surface area contributed by atoms with Gasteiger partial charge in [0.2, 0.25) is 0 Å². The molecule has 16 heavy (non-hydrogen) atoms. The molecule has 0 aliphatic heterocycles. The molecule has 0 aromatic heterocycles. The summed E-state index contributed by atoms with van der Waals surface area (Å²) in [4.78, 5) is 0. The van der Waals surface area contributed by atoms with Crippen LogP contribution in [0.25, 0.3) is 0 Å². The molecule has 0 amide bonds. The Labute approximate surface area is 137 Å². The van der Waals surface area contributed by atoms with Crippen molar-refractivity contribution in [1.82, 2.24) is 0 Å². The molecule has 3 rings (SSSR count). The summed E-state index contributed by atoms with van der Waals surface area (Å²) < 4.78 is 0. The molecule has 94 valence electrons. The van der Waals surface area contributed by atoms with Crippen LogP contribution < -0.4 is 0 Å². The van der Waals surface area contributed by atoms with E-state index in [1.165, 1.54) is 96.3 Å². The van der Waals surface area contributed by atoms with E-state index in [4.69, 9.17) is 0 Å². The van der Waals surface area contributed by atoms with Gasteiger partial charge in [-0.15, -0.1) is 0 Å². The van der Waals surface area contributed by atoms with Gasteiger partial charge in [-0.2, -0.15) is 0 Å². The largest absolute Gasteiger partial charge is 0.0533 e. The molecule has 0 radical (unpaired) electrons. The van der Waals surface area contributed by atoms with Crippen LogP contribution >= 0.6 is 0 Å². The Balaban J connectivity index is 0.000000205. The summed E-state index contributed by atoms with van der Waals surface area (Å²) in [6.07, 6.45) is 22.5. The van der Waals surface area contributed by atoms with Crippen molar-refractivity contribution >= 4 is 0 Å². The average molecular weight is 351 g/mol. The molecule has 3 saturated carbocycles. The van der Waals surface area contributed by atoms with E-state index in [1.807, 2.05) is 0 Å².